The zero-order valence-electron chi connectivity index (χ0n) is 11.2. The first-order chi connectivity index (χ1) is 9.27. The molecule has 0 amide bonds. The molecule has 6 nitrogen and oxygen atoms in total. The molecule has 2 N–H and O–H groups in total. The van der Waals surface area contributed by atoms with Crippen LogP contribution in [0.2, 0.25) is 0 Å². The van der Waals surface area contributed by atoms with Crippen LogP contribution in [0.1, 0.15) is 31.9 Å². The maximum atomic E-state index is 12.0. The van der Waals surface area contributed by atoms with Crippen molar-refractivity contribution in [1.29, 1.82) is 0 Å². The van der Waals surface area contributed by atoms with Crippen LogP contribution < -0.4 is 0 Å². The Bertz CT molecular complexity index is 510. The highest BCUT2D eigenvalue weighted by Crippen LogP contribution is 2.27. The minimum Gasteiger partial charge on any atom is -0.481 e. The average molecular weight is 280 g/mol. The zero-order valence-corrected chi connectivity index (χ0v) is 11.2. The Morgan fingerprint density at radius 1 is 1.20 bits per heavy atom. The average Bonchev–Trinajstić information content (AvgIpc) is 2.38. The molecule has 0 aromatic heterocycles. The Balaban J connectivity index is 2.87. The van der Waals surface area contributed by atoms with E-state index in [0.717, 1.165) is 6.92 Å². The SMILES string of the molecule is CC(OC(=O)C(C)(CC(=O)O)C(=O)O)c1ccccc1. The number of hydrogen-bond acceptors (Lipinski definition) is 4. The lowest BCUT2D eigenvalue weighted by atomic mass is 9.87. The summed E-state index contributed by atoms with van der Waals surface area (Å²) in [6.07, 6.45) is -1.49. The van der Waals surface area contributed by atoms with Crippen LogP contribution in [0.3, 0.4) is 0 Å². The van der Waals surface area contributed by atoms with Gasteiger partial charge in [0.15, 0.2) is 5.41 Å². The van der Waals surface area contributed by atoms with E-state index >= 15 is 0 Å². The van der Waals surface area contributed by atoms with Crippen LogP contribution in [0.5, 0.6) is 0 Å². The van der Waals surface area contributed by atoms with Crippen molar-refractivity contribution in [2.24, 2.45) is 5.41 Å². The number of carboxylic acid groups (broad SMARTS) is 2. The van der Waals surface area contributed by atoms with Crippen LogP contribution in [-0.2, 0) is 19.1 Å². The Morgan fingerprint density at radius 3 is 2.20 bits per heavy atom. The quantitative estimate of drug-likeness (QED) is 0.609. The fourth-order valence-electron chi connectivity index (χ4n) is 1.62. The minimum absolute atomic E-state index is 0.656. The summed E-state index contributed by atoms with van der Waals surface area (Å²) in [6, 6.07) is 8.77. The molecule has 0 aliphatic heterocycles. The molecule has 2 unspecified atom stereocenters. The van der Waals surface area contributed by atoms with Gasteiger partial charge in [0.1, 0.15) is 6.10 Å². The molecule has 0 saturated heterocycles. The maximum absolute atomic E-state index is 12.0. The number of hydrogen-bond donors (Lipinski definition) is 2. The third kappa shape index (κ3) is 3.57. The number of carboxylic acids is 2. The lowest BCUT2D eigenvalue weighted by molar-refractivity contribution is -0.174. The largest absolute Gasteiger partial charge is 0.481 e. The monoisotopic (exact) mass is 280 g/mol. The highest BCUT2D eigenvalue weighted by Gasteiger charge is 2.45. The van der Waals surface area contributed by atoms with Crippen LogP contribution in [0.15, 0.2) is 30.3 Å². The van der Waals surface area contributed by atoms with E-state index in [1.165, 1.54) is 0 Å². The first-order valence-corrected chi connectivity index (χ1v) is 5.98. The van der Waals surface area contributed by atoms with Gasteiger partial charge in [0, 0.05) is 0 Å². The summed E-state index contributed by atoms with van der Waals surface area (Å²) in [5.41, 5.74) is -1.40. The van der Waals surface area contributed by atoms with Gasteiger partial charge in [-0.1, -0.05) is 30.3 Å². The maximum Gasteiger partial charge on any atom is 0.324 e. The second kappa shape index (κ2) is 6.18. The Hall–Kier alpha value is -2.37. The Labute approximate surface area is 116 Å². The summed E-state index contributed by atoms with van der Waals surface area (Å²) in [6.45, 7) is 2.64. The van der Waals surface area contributed by atoms with Gasteiger partial charge >= 0.3 is 17.9 Å². The molecule has 2 atom stereocenters. The predicted octanol–water partition coefficient (Wildman–Crippen LogP) is 1.86. The number of aliphatic carboxylic acids is 2. The van der Waals surface area contributed by atoms with E-state index in [1.54, 1.807) is 37.3 Å². The molecule has 1 aromatic carbocycles. The molecule has 0 aliphatic rings. The number of benzene rings is 1. The van der Waals surface area contributed by atoms with E-state index in [0.29, 0.717) is 5.56 Å². The van der Waals surface area contributed by atoms with E-state index in [4.69, 9.17) is 14.9 Å². The summed E-state index contributed by atoms with van der Waals surface area (Å²) in [5.74, 6) is -3.96. The molecule has 1 aromatic rings. The third-order valence-corrected chi connectivity index (χ3v) is 2.98. The lowest BCUT2D eigenvalue weighted by Gasteiger charge is -2.23. The Morgan fingerprint density at radius 2 is 1.75 bits per heavy atom. The van der Waals surface area contributed by atoms with Crippen LogP contribution in [-0.4, -0.2) is 28.1 Å². The van der Waals surface area contributed by atoms with Crippen molar-refractivity contribution in [3.63, 3.8) is 0 Å². The fraction of sp³-hybridized carbons (Fsp3) is 0.357. The van der Waals surface area contributed by atoms with E-state index < -0.39 is 35.8 Å². The molecule has 20 heavy (non-hydrogen) atoms. The first kappa shape index (κ1) is 15.7. The van der Waals surface area contributed by atoms with Crippen molar-refractivity contribution in [1.82, 2.24) is 0 Å². The molecule has 6 heteroatoms. The highest BCUT2D eigenvalue weighted by atomic mass is 16.5. The number of carbonyl (C=O) groups excluding carboxylic acids is 1. The van der Waals surface area contributed by atoms with Crippen LogP contribution >= 0.6 is 0 Å². The van der Waals surface area contributed by atoms with Crippen molar-refractivity contribution < 1.29 is 29.3 Å². The van der Waals surface area contributed by atoms with E-state index in [-0.39, 0.29) is 0 Å². The lowest BCUT2D eigenvalue weighted by Crippen LogP contribution is -2.40. The molecular formula is C14H16O6. The smallest absolute Gasteiger partial charge is 0.324 e. The van der Waals surface area contributed by atoms with Gasteiger partial charge < -0.3 is 14.9 Å². The van der Waals surface area contributed by atoms with Gasteiger partial charge in [0.2, 0.25) is 0 Å². The van der Waals surface area contributed by atoms with Gasteiger partial charge in [-0.3, -0.25) is 14.4 Å². The number of rotatable bonds is 6. The second-order valence-electron chi connectivity index (χ2n) is 4.67. The van der Waals surface area contributed by atoms with Crippen molar-refractivity contribution in [3.8, 4) is 0 Å². The highest BCUT2D eigenvalue weighted by molar-refractivity contribution is 6.01. The zero-order chi connectivity index (χ0) is 15.3. The summed E-state index contributed by atoms with van der Waals surface area (Å²) >= 11 is 0. The van der Waals surface area contributed by atoms with Gasteiger partial charge in [-0.15, -0.1) is 0 Å². The standard InChI is InChI=1S/C14H16O6/c1-9(10-6-4-3-5-7-10)20-13(19)14(2,12(17)18)8-11(15)16/h3-7,9H,8H2,1-2H3,(H,15,16)(H,17,18). The molecule has 0 saturated carbocycles. The van der Waals surface area contributed by atoms with Gasteiger partial charge in [0.25, 0.3) is 0 Å². The molecule has 1 rings (SSSR count). The number of esters is 1. The third-order valence-electron chi connectivity index (χ3n) is 2.98. The molecule has 0 heterocycles. The minimum atomic E-state index is -2.10. The van der Waals surface area contributed by atoms with Crippen LogP contribution in [0, 0.1) is 5.41 Å². The topological polar surface area (TPSA) is 101 Å². The molecule has 108 valence electrons. The summed E-state index contributed by atoms with van der Waals surface area (Å²) < 4.78 is 5.08. The van der Waals surface area contributed by atoms with Gasteiger partial charge in [-0.25, -0.2) is 0 Å². The number of carbonyl (C=O) groups is 3. The predicted molar refractivity (Wildman–Crippen MR) is 68.9 cm³/mol. The Kier molecular flexibility index (Phi) is 4.85. The van der Waals surface area contributed by atoms with Gasteiger partial charge in [-0.05, 0) is 19.4 Å². The summed E-state index contributed by atoms with van der Waals surface area (Å²) in [4.78, 5) is 33.8. The first-order valence-electron chi connectivity index (χ1n) is 5.98. The normalized spacial score (nSPS) is 14.9. The van der Waals surface area contributed by atoms with Crippen molar-refractivity contribution in [2.75, 3.05) is 0 Å². The van der Waals surface area contributed by atoms with Crippen molar-refractivity contribution in [3.05, 3.63) is 35.9 Å². The molecule has 0 spiro atoms. The summed E-state index contributed by atoms with van der Waals surface area (Å²) in [7, 11) is 0. The van der Waals surface area contributed by atoms with E-state index in [2.05, 4.69) is 0 Å². The van der Waals surface area contributed by atoms with Crippen molar-refractivity contribution in [2.45, 2.75) is 26.4 Å². The summed E-state index contributed by atoms with van der Waals surface area (Å²) in [5, 5.41) is 17.8. The van der Waals surface area contributed by atoms with E-state index in [9.17, 15) is 14.4 Å². The molecule has 0 aliphatic carbocycles. The second-order valence-corrected chi connectivity index (χ2v) is 4.67. The van der Waals surface area contributed by atoms with Crippen LogP contribution in [0.4, 0.5) is 0 Å². The van der Waals surface area contributed by atoms with Gasteiger partial charge in [0.05, 0.1) is 6.42 Å². The van der Waals surface area contributed by atoms with Crippen molar-refractivity contribution >= 4 is 17.9 Å². The molecule has 0 fully saturated rings. The molecule has 0 bridgehead atoms. The molecule has 0 radical (unpaired) electrons. The number of ether oxygens (including phenoxy) is 1. The van der Waals surface area contributed by atoms with Gasteiger partial charge in [-0.2, -0.15) is 0 Å². The molecular weight excluding hydrogens is 264 g/mol. The van der Waals surface area contributed by atoms with E-state index in [1.807, 2.05) is 0 Å². The van der Waals surface area contributed by atoms with Crippen LogP contribution in [0.25, 0.3) is 0 Å². The fourth-order valence-corrected chi connectivity index (χ4v) is 1.62.